The molecule has 0 amide bonds. The summed E-state index contributed by atoms with van der Waals surface area (Å²) in [6, 6.07) is 20.6. The lowest BCUT2D eigenvalue weighted by atomic mass is 9.95. The van der Waals surface area contributed by atoms with Crippen molar-refractivity contribution in [3.05, 3.63) is 87.9 Å². The lowest BCUT2D eigenvalue weighted by Gasteiger charge is -2.18. The van der Waals surface area contributed by atoms with Gasteiger partial charge in [-0.25, -0.2) is 4.79 Å². The molecular formula is C24H23BrO4. The minimum Gasteiger partial charge on any atom is -0.491 e. The zero-order valence-corrected chi connectivity index (χ0v) is 18.0. The molecule has 150 valence electrons. The number of benzene rings is 3. The van der Waals surface area contributed by atoms with Crippen molar-refractivity contribution in [2.45, 2.75) is 33.2 Å². The standard InChI is InChI=1S/C24H23BrO4/c1-16(2)29-21-12-19(14-26)23(22(13-21)18-8-10-20(25)11-9-18)24(27)28-15-17-6-4-3-5-7-17/h3-13,16,26H,14-15H2,1-2H3. The summed E-state index contributed by atoms with van der Waals surface area (Å²) in [6.45, 7) is 3.73. The predicted molar refractivity (Wildman–Crippen MR) is 117 cm³/mol. The fourth-order valence-corrected chi connectivity index (χ4v) is 3.30. The minimum absolute atomic E-state index is 0.0322. The molecule has 0 saturated heterocycles. The zero-order valence-electron chi connectivity index (χ0n) is 16.4. The molecular weight excluding hydrogens is 432 g/mol. The van der Waals surface area contributed by atoms with Gasteiger partial charge in [0.05, 0.1) is 18.3 Å². The maximum Gasteiger partial charge on any atom is 0.339 e. The number of aliphatic hydroxyl groups is 1. The van der Waals surface area contributed by atoms with Crippen LogP contribution in [0.25, 0.3) is 11.1 Å². The second-order valence-electron chi connectivity index (χ2n) is 6.90. The number of hydrogen-bond acceptors (Lipinski definition) is 4. The third-order valence-corrected chi connectivity index (χ3v) is 4.84. The van der Waals surface area contributed by atoms with Crippen LogP contribution in [0.1, 0.15) is 35.3 Å². The van der Waals surface area contributed by atoms with Gasteiger partial charge in [-0.2, -0.15) is 0 Å². The number of aliphatic hydroxyl groups excluding tert-OH is 1. The van der Waals surface area contributed by atoms with Crippen LogP contribution in [0.2, 0.25) is 0 Å². The maximum absolute atomic E-state index is 13.0. The first-order valence-corrected chi connectivity index (χ1v) is 10.2. The van der Waals surface area contributed by atoms with Crippen LogP contribution >= 0.6 is 15.9 Å². The molecule has 3 aromatic carbocycles. The van der Waals surface area contributed by atoms with E-state index in [4.69, 9.17) is 9.47 Å². The monoisotopic (exact) mass is 454 g/mol. The molecule has 0 aromatic heterocycles. The van der Waals surface area contributed by atoms with E-state index in [1.807, 2.05) is 74.5 Å². The van der Waals surface area contributed by atoms with Crippen LogP contribution in [0, 0.1) is 0 Å². The Kier molecular flexibility index (Phi) is 7.07. The summed E-state index contributed by atoms with van der Waals surface area (Å²) < 4.78 is 12.3. The summed E-state index contributed by atoms with van der Waals surface area (Å²) in [7, 11) is 0. The van der Waals surface area contributed by atoms with Crippen molar-refractivity contribution < 1.29 is 19.4 Å². The number of rotatable bonds is 7. The summed E-state index contributed by atoms with van der Waals surface area (Å²) in [4.78, 5) is 13.0. The normalized spacial score (nSPS) is 10.8. The molecule has 0 fully saturated rings. The van der Waals surface area contributed by atoms with Gasteiger partial charge in [0.1, 0.15) is 12.4 Å². The van der Waals surface area contributed by atoms with Crippen LogP contribution < -0.4 is 4.74 Å². The van der Waals surface area contributed by atoms with Crippen molar-refractivity contribution >= 4 is 21.9 Å². The van der Waals surface area contributed by atoms with Crippen LogP contribution in [0.5, 0.6) is 5.75 Å². The van der Waals surface area contributed by atoms with Crippen LogP contribution in [0.4, 0.5) is 0 Å². The largest absolute Gasteiger partial charge is 0.491 e. The van der Waals surface area contributed by atoms with Gasteiger partial charge in [0.25, 0.3) is 0 Å². The first kappa shape index (κ1) is 21.1. The van der Waals surface area contributed by atoms with Crippen LogP contribution in [-0.2, 0) is 18.0 Å². The highest BCUT2D eigenvalue weighted by molar-refractivity contribution is 9.10. The summed E-state index contributed by atoms with van der Waals surface area (Å²) in [5, 5.41) is 9.96. The van der Waals surface area contributed by atoms with Crippen LogP contribution in [-0.4, -0.2) is 17.2 Å². The van der Waals surface area contributed by atoms with E-state index >= 15 is 0 Å². The summed E-state index contributed by atoms with van der Waals surface area (Å²) in [6.07, 6.45) is -0.0322. The SMILES string of the molecule is CC(C)Oc1cc(CO)c(C(=O)OCc2ccccc2)c(-c2ccc(Br)cc2)c1. The number of carbonyl (C=O) groups excluding carboxylic acids is 1. The Bertz CT molecular complexity index is 966. The van der Waals surface area contributed by atoms with E-state index in [2.05, 4.69) is 15.9 Å². The lowest BCUT2D eigenvalue weighted by molar-refractivity contribution is 0.0470. The molecule has 0 radical (unpaired) electrons. The molecule has 0 unspecified atom stereocenters. The van der Waals surface area contributed by atoms with Gasteiger partial charge in [0.2, 0.25) is 0 Å². The van der Waals surface area contributed by atoms with Gasteiger partial charge in [-0.15, -0.1) is 0 Å². The van der Waals surface area contributed by atoms with Gasteiger partial charge in [-0.1, -0.05) is 58.4 Å². The Morgan fingerprint density at radius 2 is 1.72 bits per heavy atom. The Morgan fingerprint density at radius 1 is 1.03 bits per heavy atom. The fourth-order valence-electron chi connectivity index (χ4n) is 3.03. The Hall–Kier alpha value is -2.63. The summed E-state index contributed by atoms with van der Waals surface area (Å²) >= 11 is 3.44. The van der Waals surface area contributed by atoms with Crippen LogP contribution in [0.3, 0.4) is 0 Å². The van der Waals surface area contributed by atoms with E-state index in [1.54, 1.807) is 6.07 Å². The second-order valence-corrected chi connectivity index (χ2v) is 7.81. The highest BCUT2D eigenvalue weighted by Gasteiger charge is 2.21. The molecule has 4 nitrogen and oxygen atoms in total. The molecule has 0 saturated carbocycles. The molecule has 0 aliphatic carbocycles. The van der Waals surface area contributed by atoms with Gasteiger partial charge >= 0.3 is 5.97 Å². The molecule has 0 aliphatic rings. The first-order valence-electron chi connectivity index (χ1n) is 9.39. The van der Waals surface area contributed by atoms with Gasteiger partial charge < -0.3 is 14.6 Å². The minimum atomic E-state index is -0.480. The van der Waals surface area contributed by atoms with Gasteiger partial charge in [-0.05, 0) is 54.8 Å². The van der Waals surface area contributed by atoms with E-state index in [9.17, 15) is 9.90 Å². The van der Waals surface area contributed by atoms with Crippen molar-refractivity contribution in [2.75, 3.05) is 0 Å². The number of ether oxygens (including phenoxy) is 2. The number of halogens is 1. The third kappa shape index (κ3) is 5.46. The first-order chi connectivity index (χ1) is 14.0. The van der Waals surface area contributed by atoms with E-state index in [0.717, 1.165) is 15.6 Å². The highest BCUT2D eigenvalue weighted by atomic mass is 79.9. The summed E-state index contributed by atoms with van der Waals surface area (Å²) in [5.41, 5.74) is 3.22. The highest BCUT2D eigenvalue weighted by Crippen LogP contribution is 2.33. The molecule has 0 atom stereocenters. The molecule has 5 heteroatoms. The smallest absolute Gasteiger partial charge is 0.339 e. The van der Waals surface area contributed by atoms with Gasteiger partial charge in [0, 0.05) is 10.0 Å². The Labute approximate surface area is 179 Å². The van der Waals surface area contributed by atoms with Crippen molar-refractivity contribution in [1.82, 2.24) is 0 Å². The van der Waals surface area contributed by atoms with Crippen molar-refractivity contribution in [2.24, 2.45) is 0 Å². The quantitative estimate of drug-likeness (QED) is 0.461. The molecule has 0 heterocycles. The van der Waals surface area contributed by atoms with Gasteiger partial charge in [0.15, 0.2) is 0 Å². The van der Waals surface area contributed by atoms with E-state index in [1.165, 1.54) is 0 Å². The molecule has 29 heavy (non-hydrogen) atoms. The molecule has 0 aliphatic heterocycles. The van der Waals surface area contributed by atoms with Crippen molar-refractivity contribution in [3.63, 3.8) is 0 Å². The Balaban J connectivity index is 2.02. The van der Waals surface area contributed by atoms with Crippen LogP contribution in [0.15, 0.2) is 71.2 Å². The van der Waals surface area contributed by atoms with E-state index in [0.29, 0.717) is 22.4 Å². The predicted octanol–water partition coefficient (Wildman–Crippen LogP) is 5.75. The number of hydrogen-bond donors (Lipinski definition) is 1. The topological polar surface area (TPSA) is 55.8 Å². The van der Waals surface area contributed by atoms with Crippen molar-refractivity contribution in [3.8, 4) is 16.9 Å². The summed E-state index contributed by atoms with van der Waals surface area (Å²) in [5.74, 6) is 0.119. The molecule has 0 bridgehead atoms. The number of esters is 1. The average Bonchev–Trinajstić information content (AvgIpc) is 2.72. The fraction of sp³-hybridized carbons (Fsp3) is 0.208. The number of carbonyl (C=O) groups is 1. The maximum atomic E-state index is 13.0. The van der Waals surface area contributed by atoms with Gasteiger partial charge in [-0.3, -0.25) is 0 Å². The second kappa shape index (κ2) is 9.72. The molecule has 1 N–H and O–H groups in total. The molecule has 3 aromatic rings. The van der Waals surface area contributed by atoms with E-state index in [-0.39, 0.29) is 19.3 Å². The van der Waals surface area contributed by atoms with Crippen molar-refractivity contribution in [1.29, 1.82) is 0 Å². The lowest BCUT2D eigenvalue weighted by Crippen LogP contribution is -2.12. The zero-order chi connectivity index (χ0) is 20.8. The third-order valence-electron chi connectivity index (χ3n) is 4.31. The van der Waals surface area contributed by atoms with E-state index < -0.39 is 5.97 Å². The molecule has 3 rings (SSSR count). The Morgan fingerprint density at radius 3 is 2.34 bits per heavy atom. The molecule has 0 spiro atoms. The average molecular weight is 455 g/mol.